The Morgan fingerprint density at radius 1 is 1.38 bits per heavy atom. The lowest BCUT2D eigenvalue weighted by molar-refractivity contribution is 0.197. The summed E-state index contributed by atoms with van der Waals surface area (Å²) >= 11 is 0. The lowest BCUT2D eigenvalue weighted by Crippen LogP contribution is -2.33. The minimum atomic E-state index is -0.999. The summed E-state index contributed by atoms with van der Waals surface area (Å²) in [5, 5.41) is 13.4. The van der Waals surface area contributed by atoms with Gasteiger partial charge in [-0.3, -0.25) is 9.55 Å². The highest BCUT2D eigenvalue weighted by molar-refractivity contribution is 5.89. The molecule has 1 unspecified atom stereocenters. The third-order valence-corrected chi connectivity index (χ3v) is 4.35. The largest absolute Gasteiger partial charge is 0.464 e. The van der Waals surface area contributed by atoms with E-state index in [9.17, 15) is 4.79 Å². The molecule has 6 heteroatoms. The monoisotopic (exact) mass is 323 g/mol. The number of hydrogen-bond acceptors (Lipinski definition) is 4. The second kappa shape index (κ2) is 5.65. The maximum Gasteiger partial charge on any atom is 0.415 e. The Labute approximate surface area is 138 Å². The fraction of sp³-hybridized carbons (Fsp3) is 0.222. The molecule has 3 heterocycles. The molecule has 0 fully saturated rings. The van der Waals surface area contributed by atoms with Gasteiger partial charge in [0.05, 0.1) is 11.7 Å². The number of fused-ring (bicyclic) bond motifs is 2. The van der Waals surface area contributed by atoms with Crippen LogP contribution in [0.4, 0.5) is 4.79 Å². The van der Waals surface area contributed by atoms with Crippen LogP contribution in [0.5, 0.6) is 11.5 Å². The van der Waals surface area contributed by atoms with Crippen LogP contribution in [0, 0.1) is 0 Å². The van der Waals surface area contributed by atoms with Crippen molar-refractivity contribution in [2.75, 3.05) is 0 Å². The lowest BCUT2D eigenvalue weighted by Gasteiger charge is -2.24. The van der Waals surface area contributed by atoms with Crippen LogP contribution in [0.3, 0.4) is 0 Å². The van der Waals surface area contributed by atoms with Gasteiger partial charge in [0.1, 0.15) is 11.5 Å². The van der Waals surface area contributed by atoms with Crippen LogP contribution in [-0.4, -0.2) is 26.8 Å². The summed E-state index contributed by atoms with van der Waals surface area (Å²) in [4.78, 5) is 15.4. The zero-order valence-electron chi connectivity index (χ0n) is 13.2. The predicted octanol–water partition coefficient (Wildman–Crippen LogP) is 3.39. The van der Waals surface area contributed by atoms with Crippen LogP contribution < -0.4 is 10.1 Å². The lowest BCUT2D eigenvalue weighted by atomic mass is 9.98. The molecule has 0 radical (unpaired) electrons. The van der Waals surface area contributed by atoms with Gasteiger partial charge in [0.15, 0.2) is 0 Å². The molecule has 0 spiro atoms. The van der Waals surface area contributed by atoms with Gasteiger partial charge in [0.2, 0.25) is 0 Å². The number of ether oxygens (including phenoxy) is 1. The van der Waals surface area contributed by atoms with Crippen molar-refractivity contribution in [3.8, 4) is 11.5 Å². The standard InChI is InChI=1S/C18H17N3O3/c1-11-6-15-13(9-20-11)8-19-10-17(15)24-14-2-3-16-12(7-14)4-5-21(16)18(22)23/h2-5,7-8,10-11,20H,6,9H2,1H3,(H,22,23). The van der Waals surface area contributed by atoms with E-state index in [1.807, 2.05) is 12.3 Å². The van der Waals surface area contributed by atoms with Gasteiger partial charge in [-0.05, 0) is 43.2 Å². The minimum Gasteiger partial charge on any atom is -0.464 e. The minimum absolute atomic E-state index is 0.398. The fourth-order valence-corrected chi connectivity index (χ4v) is 3.12. The first-order valence-electron chi connectivity index (χ1n) is 7.83. The van der Waals surface area contributed by atoms with E-state index in [1.165, 1.54) is 16.3 Å². The van der Waals surface area contributed by atoms with Crippen molar-refractivity contribution < 1.29 is 14.6 Å². The molecule has 4 rings (SSSR count). The van der Waals surface area contributed by atoms with Crippen LogP contribution in [0.2, 0.25) is 0 Å². The Bertz CT molecular complexity index is 932. The van der Waals surface area contributed by atoms with E-state index in [0.717, 1.165) is 29.7 Å². The summed E-state index contributed by atoms with van der Waals surface area (Å²) in [5.74, 6) is 1.44. The van der Waals surface area contributed by atoms with Crippen LogP contribution in [-0.2, 0) is 13.0 Å². The smallest absolute Gasteiger partial charge is 0.415 e. The summed E-state index contributed by atoms with van der Waals surface area (Å²) in [6.45, 7) is 2.94. The molecule has 0 saturated heterocycles. The third kappa shape index (κ3) is 2.51. The number of nitrogens with one attached hydrogen (secondary N) is 1. The quantitative estimate of drug-likeness (QED) is 0.756. The van der Waals surface area contributed by atoms with Crippen LogP contribution in [0.25, 0.3) is 10.9 Å². The van der Waals surface area contributed by atoms with Gasteiger partial charge in [-0.2, -0.15) is 0 Å². The normalized spacial score (nSPS) is 16.8. The van der Waals surface area contributed by atoms with Crippen LogP contribution in [0.15, 0.2) is 42.9 Å². The van der Waals surface area contributed by atoms with Crippen molar-refractivity contribution in [3.63, 3.8) is 0 Å². The molecule has 2 aromatic heterocycles. The van der Waals surface area contributed by atoms with E-state index in [0.29, 0.717) is 17.3 Å². The number of rotatable bonds is 2. The summed E-state index contributed by atoms with van der Waals surface area (Å²) in [7, 11) is 0. The summed E-state index contributed by atoms with van der Waals surface area (Å²) < 4.78 is 7.25. The molecule has 1 aromatic carbocycles. The molecule has 0 saturated carbocycles. The zero-order chi connectivity index (χ0) is 16.7. The highest BCUT2D eigenvalue weighted by atomic mass is 16.5. The average molecular weight is 323 g/mol. The van der Waals surface area contributed by atoms with Gasteiger partial charge in [-0.25, -0.2) is 4.79 Å². The number of carbonyl (C=O) groups is 1. The van der Waals surface area contributed by atoms with E-state index in [4.69, 9.17) is 9.84 Å². The zero-order valence-corrected chi connectivity index (χ0v) is 13.2. The molecule has 1 aliphatic heterocycles. The SMILES string of the molecule is CC1Cc2c(cncc2Oc2ccc3c(ccn3C(=O)O)c2)CN1. The number of carboxylic acid groups (broad SMARTS) is 1. The van der Waals surface area contributed by atoms with Crippen molar-refractivity contribution in [3.05, 3.63) is 54.0 Å². The Kier molecular flexibility index (Phi) is 3.46. The Morgan fingerprint density at radius 2 is 2.25 bits per heavy atom. The molecule has 1 atom stereocenters. The van der Waals surface area contributed by atoms with Crippen molar-refractivity contribution in [1.29, 1.82) is 0 Å². The highest BCUT2D eigenvalue weighted by Gasteiger charge is 2.19. The third-order valence-electron chi connectivity index (χ3n) is 4.35. The van der Waals surface area contributed by atoms with Crippen LogP contribution in [0.1, 0.15) is 18.1 Å². The molecule has 1 aliphatic rings. The number of hydrogen-bond donors (Lipinski definition) is 2. The van der Waals surface area contributed by atoms with Gasteiger partial charge in [-0.1, -0.05) is 0 Å². The van der Waals surface area contributed by atoms with Crippen LogP contribution >= 0.6 is 0 Å². The van der Waals surface area contributed by atoms with Crippen molar-refractivity contribution in [1.82, 2.24) is 14.9 Å². The van der Waals surface area contributed by atoms with Gasteiger partial charge >= 0.3 is 6.09 Å². The number of benzene rings is 1. The molecule has 3 aromatic rings. The summed E-state index contributed by atoms with van der Waals surface area (Å²) in [6, 6.07) is 7.55. The van der Waals surface area contributed by atoms with Gasteiger partial charge < -0.3 is 15.2 Å². The molecule has 24 heavy (non-hydrogen) atoms. The summed E-state index contributed by atoms with van der Waals surface area (Å²) in [5.41, 5.74) is 2.98. The Morgan fingerprint density at radius 3 is 3.08 bits per heavy atom. The van der Waals surface area contributed by atoms with Crippen molar-refractivity contribution in [2.24, 2.45) is 0 Å². The van der Waals surface area contributed by atoms with E-state index in [1.54, 1.807) is 24.4 Å². The first-order valence-corrected chi connectivity index (χ1v) is 7.83. The molecular formula is C18H17N3O3. The second-order valence-electron chi connectivity index (χ2n) is 6.05. The van der Waals surface area contributed by atoms with Gasteiger partial charge in [0, 0.05) is 35.9 Å². The predicted molar refractivity (Wildman–Crippen MR) is 89.7 cm³/mol. The van der Waals surface area contributed by atoms with Gasteiger partial charge in [-0.15, -0.1) is 0 Å². The van der Waals surface area contributed by atoms with Crippen molar-refractivity contribution >= 4 is 17.0 Å². The Hall–Kier alpha value is -2.86. The fourth-order valence-electron chi connectivity index (χ4n) is 3.12. The highest BCUT2D eigenvalue weighted by Crippen LogP contribution is 2.31. The summed E-state index contributed by atoms with van der Waals surface area (Å²) in [6.07, 6.45) is 5.04. The maximum atomic E-state index is 11.2. The first-order chi connectivity index (χ1) is 11.6. The topological polar surface area (TPSA) is 76.4 Å². The molecule has 0 bridgehead atoms. The van der Waals surface area contributed by atoms with Gasteiger partial charge in [0.25, 0.3) is 0 Å². The number of pyridine rings is 1. The number of nitrogens with zero attached hydrogens (tertiary/aromatic N) is 2. The first kappa shape index (κ1) is 14.7. The molecule has 2 N–H and O–H groups in total. The second-order valence-corrected chi connectivity index (χ2v) is 6.05. The molecule has 0 amide bonds. The number of aromatic nitrogens is 2. The van der Waals surface area contributed by atoms with E-state index < -0.39 is 6.09 Å². The van der Waals surface area contributed by atoms with E-state index >= 15 is 0 Å². The molecule has 0 aliphatic carbocycles. The molecule has 122 valence electrons. The molecule has 6 nitrogen and oxygen atoms in total. The molecular weight excluding hydrogens is 306 g/mol. The van der Waals surface area contributed by atoms with Crippen molar-refractivity contribution in [2.45, 2.75) is 25.9 Å². The Balaban J connectivity index is 1.69. The van der Waals surface area contributed by atoms with E-state index in [2.05, 4.69) is 17.2 Å². The average Bonchev–Trinajstić information content (AvgIpc) is 2.99. The maximum absolute atomic E-state index is 11.2. The van der Waals surface area contributed by atoms with E-state index in [-0.39, 0.29) is 0 Å².